The zero-order valence-corrected chi connectivity index (χ0v) is 19.5. The SMILES string of the molecule is N#Cc1cnc2c(N[C@H](c3c[nH]nn3)c3c(F)cc(F)cc3F)cc(Cl)cc2c1Nc1cnc(F)c(F)c1. The third-order valence-corrected chi connectivity index (χ3v) is 5.70. The maximum Gasteiger partial charge on any atom is 0.249 e. The van der Waals surface area contributed by atoms with Crippen molar-refractivity contribution in [3.8, 4) is 6.07 Å². The average molecular weight is 543 g/mol. The zero-order chi connectivity index (χ0) is 27.0. The Kier molecular flexibility index (Phi) is 6.48. The van der Waals surface area contributed by atoms with Crippen molar-refractivity contribution in [2.45, 2.75) is 6.04 Å². The molecule has 0 saturated carbocycles. The molecule has 3 heterocycles. The number of nitrogens with zero attached hydrogens (tertiary/aromatic N) is 5. The maximum absolute atomic E-state index is 14.8. The largest absolute Gasteiger partial charge is 0.371 e. The van der Waals surface area contributed by atoms with Crippen LogP contribution in [0.25, 0.3) is 10.9 Å². The van der Waals surface area contributed by atoms with Gasteiger partial charge in [0.15, 0.2) is 5.82 Å². The van der Waals surface area contributed by atoms with E-state index in [0.717, 1.165) is 12.3 Å². The van der Waals surface area contributed by atoms with Crippen LogP contribution in [0.3, 0.4) is 0 Å². The van der Waals surface area contributed by atoms with Crippen LogP contribution < -0.4 is 10.6 Å². The summed E-state index contributed by atoms with van der Waals surface area (Å²) in [5, 5.41) is 25.6. The standard InChI is InChI=1S/C24H12ClF5N8/c25-11-1-14-21(35-13-5-17(29)24(30)33-8-13)10(6-31)7-32-22(14)18(2-11)36-23(19-9-34-38-37-19)20-15(27)3-12(26)4-16(20)28/h1-5,7-9,23,36H,(H,32,35)(H,34,37,38)/t23-/m1/s1. The van der Waals surface area contributed by atoms with Gasteiger partial charge < -0.3 is 10.6 Å². The monoisotopic (exact) mass is 542 g/mol. The molecule has 0 bridgehead atoms. The lowest BCUT2D eigenvalue weighted by atomic mass is 10.0. The Morgan fingerprint density at radius 3 is 2.37 bits per heavy atom. The molecule has 1 atom stereocenters. The van der Waals surface area contributed by atoms with Crippen molar-refractivity contribution >= 4 is 39.6 Å². The van der Waals surface area contributed by atoms with Gasteiger partial charge in [0.1, 0.15) is 35.3 Å². The minimum Gasteiger partial charge on any atom is -0.371 e. The fraction of sp³-hybridized carbons (Fsp3) is 0.0417. The van der Waals surface area contributed by atoms with Crippen molar-refractivity contribution in [2.75, 3.05) is 10.6 Å². The quantitative estimate of drug-likeness (QED) is 0.180. The lowest BCUT2D eigenvalue weighted by molar-refractivity contribution is 0.480. The van der Waals surface area contributed by atoms with Gasteiger partial charge in [-0.15, -0.1) is 5.10 Å². The van der Waals surface area contributed by atoms with E-state index >= 15 is 0 Å². The van der Waals surface area contributed by atoms with Crippen LogP contribution in [0.2, 0.25) is 5.02 Å². The third-order valence-electron chi connectivity index (χ3n) is 5.49. The molecule has 0 saturated heterocycles. The molecule has 3 aromatic heterocycles. The van der Waals surface area contributed by atoms with Gasteiger partial charge in [0.2, 0.25) is 5.95 Å². The van der Waals surface area contributed by atoms with E-state index in [-0.39, 0.29) is 44.2 Å². The van der Waals surface area contributed by atoms with Crippen LogP contribution in [0.4, 0.5) is 39.0 Å². The van der Waals surface area contributed by atoms with Gasteiger partial charge >= 0.3 is 0 Å². The molecule has 0 aliphatic carbocycles. The Bertz CT molecular complexity index is 1700. The molecule has 0 aliphatic rings. The van der Waals surface area contributed by atoms with Crippen LogP contribution in [-0.2, 0) is 0 Å². The van der Waals surface area contributed by atoms with Crippen LogP contribution in [0.15, 0.2) is 48.9 Å². The predicted octanol–water partition coefficient (Wildman–Crippen LogP) is 5.91. The first-order valence-electron chi connectivity index (χ1n) is 10.6. The van der Waals surface area contributed by atoms with E-state index < -0.39 is 40.8 Å². The summed E-state index contributed by atoms with van der Waals surface area (Å²) >= 11 is 6.35. The lowest BCUT2D eigenvalue weighted by Crippen LogP contribution is -2.17. The second kappa shape index (κ2) is 9.91. The molecule has 0 aliphatic heterocycles. The number of pyridine rings is 2. The molecule has 8 nitrogen and oxygen atoms in total. The van der Waals surface area contributed by atoms with Crippen LogP contribution in [-0.4, -0.2) is 25.4 Å². The topological polar surface area (TPSA) is 115 Å². The Balaban J connectivity index is 1.67. The van der Waals surface area contributed by atoms with Crippen LogP contribution >= 0.6 is 11.6 Å². The Labute approximate surface area is 215 Å². The number of rotatable bonds is 6. The van der Waals surface area contributed by atoms with E-state index in [4.69, 9.17) is 11.6 Å². The molecular weight excluding hydrogens is 531 g/mol. The van der Waals surface area contributed by atoms with Gasteiger partial charge in [0.05, 0.1) is 39.9 Å². The Morgan fingerprint density at radius 1 is 0.947 bits per heavy atom. The van der Waals surface area contributed by atoms with Crippen LogP contribution in [0.1, 0.15) is 22.9 Å². The molecule has 5 aromatic rings. The summed E-state index contributed by atoms with van der Waals surface area (Å²) in [6, 6.07) is 5.40. The third kappa shape index (κ3) is 4.64. The number of hydrogen-bond acceptors (Lipinski definition) is 7. The number of benzene rings is 2. The van der Waals surface area contributed by atoms with Gasteiger partial charge in [-0.1, -0.05) is 16.8 Å². The number of fused-ring (bicyclic) bond motifs is 1. The van der Waals surface area contributed by atoms with Gasteiger partial charge in [-0.3, -0.25) is 10.1 Å². The highest BCUT2D eigenvalue weighted by Gasteiger charge is 2.27. The maximum atomic E-state index is 14.8. The van der Waals surface area contributed by atoms with E-state index in [1.54, 1.807) is 0 Å². The van der Waals surface area contributed by atoms with Crippen LogP contribution in [0, 0.1) is 40.5 Å². The molecule has 0 spiro atoms. The van der Waals surface area contributed by atoms with Gasteiger partial charge in [-0.2, -0.15) is 9.65 Å². The van der Waals surface area contributed by atoms with Crippen LogP contribution in [0.5, 0.6) is 0 Å². The predicted molar refractivity (Wildman–Crippen MR) is 127 cm³/mol. The minimum atomic E-state index is -1.32. The minimum absolute atomic E-state index is 0.0262. The van der Waals surface area contributed by atoms with Crippen molar-refractivity contribution in [1.29, 1.82) is 5.26 Å². The smallest absolute Gasteiger partial charge is 0.249 e. The molecule has 14 heteroatoms. The molecule has 2 aromatic carbocycles. The normalized spacial score (nSPS) is 11.8. The number of H-pyrrole nitrogens is 1. The number of nitrogens with one attached hydrogen (secondary N) is 3. The van der Waals surface area contributed by atoms with Crippen molar-refractivity contribution in [3.63, 3.8) is 0 Å². The summed E-state index contributed by atoms with van der Waals surface area (Å²) < 4.78 is 70.2. The summed E-state index contributed by atoms with van der Waals surface area (Å²) in [5.41, 5.74) is 0.0311. The molecular formula is C24H12ClF5N8. The van der Waals surface area contributed by atoms with E-state index in [2.05, 4.69) is 36.0 Å². The van der Waals surface area contributed by atoms with Crippen molar-refractivity contribution < 1.29 is 22.0 Å². The first kappa shape index (κ1) is 24.8. The van der Waals surface area contributed by atoms with Gasteiger partial charge in [-0.05, 0) is 12.1 Å². The summed E-state index contributed by atoms with van der Waals surface area (Å²) in [7, 11) is 0. The average Bonchev–Trinajstić information content (AvgIpc) is 3.40. The van der Waals surface area contributed by atoms with Crippen molar-refractivity contribution in [3.05, 3.63) is 100.0 Å². The van der Waals surface area contributed by atoms with Gasteiger partial charge in [0.25, 0.3) is 0 Å². The van der Waals surface area contributed by atoms with Crippen molar-refractivity contribution in [2.24, 2.45) is 0 Å². The van der Waals surface area contributed by atoms with Gasteiger partial charge in [0, 0.05) is 41.0 Å². The molecule has 0 amide bonds. The number of aromatic nitrogens is 5. The van der Waals surface area contributed by atoms with E-state index in [1.165, 1.54) is 24.5 Å². The number of halogens is 6. The number of nitriles is 1. The lowest BCUT2D eigenvalue weighted by Gasteiger charge is -2.21. The summed E-state index contributed by atoms with van der Waals surface area (Å²) in [5.74, 6) is -5.98. The first-order chi connectivity index (χ1) is 18.2. The molecule has 0 fully saturated rings. The van der Waals surface area contributed by atoms with Gasteiger partial charge in [-0.25, -0.2) is 22.5 Å². The molecule has 0 unspecified atom stereocenters. The number of anilines is 3. The Hall–Kier alpha value is -4.83. The van der Waals surface area contributed by atoms with Crippen molar-refractivity contribution in [1.82, 2.24) is 25.4 Å². The van der Waals surface area contributed by atoms with E-state index in [0.29, 0.717) is 12.1 Å². The van der Waals surface area contributed by atoms with E-state index in [1.807, 2.05) is 6.07 Å². The Morgan fingerprint density at radius 2 is 1.71 bits per heavy atom. The molecule has 3 N–H and O–H groups in total. The molecule has 190 valence electrons. The first-order valence-corrected chi connectivity index (χ1v) is 11.0. The molecule has 0 radical (unpaired) electrons. The molecule has 5 rings (SSSR count). The fourth-order valence-corrected chi connectivity index (χ4v) is 4.08. The zero-order valence-electron chi connectivity index (χ0n) is 18.7. The second-order valence-corrected chi connectivity index (χ2v) is 8.33. The van der Waals surface area contributed by atoms with E-state index in [9.17, 15) is 27.2 Å². The summed E-state index contributed by atoms with van der Waals surface area (Å²) in [6.45, 7) is 0. The highest BCUT2D eigenvalue weighted by atomic mass is 35.5. The fourth-order valence-electron chi connectivity index (χ4n) is 3.86. The molecule has 38 heavy (non-hydrogen) atoms. The number of aromatic amines is 1. The highest BCUT2D eigenvalue weighted by Crippen LogP contribution is 2.38. The highest BCUT2D eigenvalue weighted by molar-refractivity contribution is 6.32. The number of hydrogen-bond donors (Lipinski definition) is 3. The second-order valence-electron chi connectivity index (χ2n) is 7.89. The summed E-state index contributed by atoms with van der Waals surface area (Å²) in [6.07, 6.45) is 3.52. The summed E-state index contributed by atoms with van der Waals surface area (Å²) in [4.78, 5) is 7.60.